The van der Waals surface area contributed by atoms with Crippen molar-refractivity contribution < 1.29 is 17.6 Å². The van der Waals surface area contributed by atoms with Gasteiger partial charge in [0.25, 0.3) is 0 Å². The van der Waals surface area contributed by atoms with Gasteiger partial charge in [0.1, 0.15) is 5.82 Å². The first-order valence-corrected chi connectivity index (χ1v) is 8.96. The average molecular weight is 358 g/mol. The van der Waals surface area contributed by atoms with Crippen LogP contribution < -0.4 is 10.0 Å². The number of carbonyl (C=O) groups is 1. The molecule has 0 heterocycles. The molecule has 0 aromatic heterocycles. The van der Waals surface area contributed by atoms with Crippen molar-refractivity contribution >= 4 is 32.4 Å². The Kier molecular flexibility index (Phi) is 4.78. The van der Waals surface area contributed by atoms with Gasteiger partial charge in [-0.1, -0.05) is 36.4 Å². The number of benzene rings is 3. The Morgan fingerprint density at radius 3 is 2.44 bits per heavy atom. The van der Waals surface area contributed by atoms with Gasteiger partial charge in [0.2, 0.25) is 15.9 Å². The number of sulfonamides is 1. The lowest BCUT2D eigenvalue weighted by Gasteiger charge is -2.09. The van der Waals surface area contributed by atoms with Gasteiger partial charge in [0.15, 0.2) is 0 Å². The predicted molar refractivity (Wildman–Crippen MR) is 94.2 cm³/mol. The van der Waals surface area contributed by atoms with Crippen LogP contribution in [0.25, 0.3) is 10.8 Å². The van der Waals surface area contributed by atoms with Crippen molar-refractivity contribution in [1.29, 1.82) is 0 Å². The molecule has 25 heavy (non-hydrogen) atoms. The third kappa shape index (κ3) is 4.20. The van der Waals surface area contributed by atoms with Gasteiger partial charge in [-0.05, 0) is 41.1 Å². The molecule has 0 bridgehead atoms. The van der Waals surface area contributed by atoms with E-state index in [1.807, 2.05) is 24.3 Å². The predicted octanol–water partition coefficient (Wildman–Crippen LogP) is 2.90. The summed E-state index contributed by atoms with van der Waals surface area (Å²) in [7, 11) is -3.83. The molecule has 7 heteroatoms. The molecule has 128 valence electrons. The minimum atomic E-state index is -3.83. The normalized spacial score (nSPS) is 11.4. The van der Waals surface area contributed by atoms with Crippen LogP contribution in [0.2, 0.25) is 0 Å². The zero-order valence-corrected chi connectivity index (χ0v) is 13.9. The monoisotopic (exact) mass is 358 g/mol. The van der Waals surface area contributed by atoms with E-state index >= 15 is 0 Å². The summed E-state index contributed by atoms with van der Waals surface area (Å²) in [6.07, 6.45) is 0. The molecule has 0 atom stereocenters. The van der Waals surface area contributed by atoms with Crippen molar-refractivity contribution in [3.05, 3.63) is 72.5 Å². The fourth-order valence-corrected chi connectivity index (χ4v) is 3.37. The quantitative estimate of drug-likeness (QED) is 0.736. The largest absolute Gasteiger partial charge is 0.325 e. The van der Waals surface area contributed by atoms with Crippen molar-refractivity contribution in [3.63, 3.8) is 0 Å². The zero-order valence-electron chi connectivity index (χ0n) is 13.1. The van der Waals surface area contributed by atoms with Gasteiger partial charge in [-0.15, -0.1) is 0 Å². The van der Waals surface area contributed by atoms with E-state index in [0.29, 0.717) is 0 Å². The van der Waals surface area contributed by atoms with E-state index in [-0.39, 0.29) is 10.6 Å². The summed E-state index contributed by atoms with van der Waals surface area (Å²) >= 11 is 0. The lowest BCUT2D eigenvalue weighted by molar-refractivity contribution is -0.115. The number of anilines is 1. The number of nitrogens with one attached hydrogen (secondary N) is 2. The van der Waals surface area contributed by atoms with E-state index in [2.05, 4.69) is 10.0 Å². The van der Waals surface area contributed by atoms with E-state index in [1.54, 1.807) is 12.1 Å². The molecule has 3 aromatic rings. The molecule has 0 aliphatic carbocycles. The molecule has 1 amide bonds. The number of hydrogen-bond donors (Lipinski definition) is 2. The van der Waals surface area contributed by atoms with Crippen LogP contribution in [0.3, 0.4) is 0 Å². The van der Waals surface area contributed by atoms with Crippen LogP contribution in [0.5, 0.6) is 0 Å². The van der Waals surface area contributed by atoms with Crippen molar-refractivity contribution in [2.45, 2.75) is 4.90 Å². The first-order valence-electron chi connectivity index (χ1n) is 7.48. The lowest BCUT2D eigenvalue weighted by atomic mass is 10.1. The number of fused-ring (bicyclic) bond motifs is 1. The van der Waals surface area contributed by atoms with Gasteiger partial charge in [-0.25, -0.2) is 17.5 Å². The highest BCUT2D eigenvalue weighted by Gasteiger charge is 2.16. The molecule has 5 nitrogen and oxygen atoms in total. The first kappa shape index (κ1) is 17.1. The maximum atomic E-state index is 13.1. The van der Waals surface area contributed by atoms with Gasteiger partial charge in [-0.3, -0.25) is 4.79 Å². The highest BCUT2D eigenvalue weighted by Crippen LogP contribution is 2.18. The Morgan fingerprint density at radius 2 is 1.68 bits per heavy atom. The van der Waals surface area contributed by atoms with Gasteiger partial charge in [0.05, 0.1) is 11.4 Å². The summed E-state index contributed by atoms with van der Waals surface area (Å²) in [6, 6.07) is 17.5. The molecule has 0 radical (unpaired) electrons. The molecule has 0 aliphatic heterocycles. The lowest BCUT2D eigenvalue weighted by Crippen LogP contribution is -2.32. The minimum absolute atomic E-state index is 0.0738. The highest BCUT2D eigenvalue weighted by molar-refractivity contribution is 7.89. The van der Waals surface area contributed by atoms with Crippen LogP contribution in [0.15, 0.2) is 71.6 Å². The topological polar surface area (TPSA) is 75.3 Å². The fourth-order valence-electron chi connectivity index (χ4n) is 2.35. The smallest absolute Gasteiger partial charge is 0.241 e. The van der Waals surface area contributed by atoms with Crippen LogP contribution in [0.4, 0.5) is 10.1 Å². The minimum Gasteiger partial charge on any atom is -0.325 e. The fraction of sp³-hybridized carbons (Fsp3) is 0.0556. The molecular formula is C18H15FN2O3S. The molecule has 0 unspecified atom stereocenters. The second kappa shape index (κ2) is 7.00. The summed E-state index contributed by atoms with van der Waals surface area (Å²) in [5.41, 5.74) is 0.259. The average Bonchev–Trinajstić information content (AvgIpc) is 2.60. The van der Waals surface area contributed by atoms with Gasteiger partial charge < -0.3 is 5.32 Å². The van der Waals surface area contributed by atoms with E-state index in [0.717, 1.165) is 16.8 Å². The van der Waals surface area contributed by atoms with Crippen molar-refractivity contribution in [2.75, 3.05) is 11.9 Å². The number of amides is 1. The Hall–Kier alpha value is -2.77. The summed E-state index contributed by atoms with van der Waals surface area (Å²) in [5.74, 6) is -1.08. The molecule has 3 aromatic carbocycles. The molecule has 3 rings (SSSR count). The molecule has 2 N–H and O–H groups in total. The summed E-state index contributed by atoms with van der Waals surface area (Å²) in [6.45, 7) is -0.453. The van der Waals surface area contributed by atoms with Crippen LogP contribution in [-0.4, -0.2) is 20.9 Å². The molecule has 0 fully saturated rings. The van der Waals surface area contributed by atoms with Crippen molar-refractivity contribution in [3.8, 4) is 0 Å². The van der Waals surface area contributed by atoms with E-state index < -0.39 is 28.3 Å². The van der Waals surface area contributed by atoms with Crippen LogP contribution in [-0.2, 0) is 14.8 Å². The van der Waals surface area contributed by atoms with Crippen LogP contribution in [0.1, 0.15) is 0 Å². The highest BCUT2D eigenvalue weighted by atomic mass is 32.2. The molecule has 0 aliphatic rings. The molecule has 0 saturated carbocycles. The summed E-state index contributed by atoms with van der Waals surface area (Å²) in [4.78, 5) is 11.9. The SMILES string of the molecule is O=C(CNS(=O)(=O)c1ccc2ccccc2c1)Nc1cccc(F)c1. The van der Waals surface area contributed by atoms with E-state index in [1.165, 1.54) is 24.3 Å². The molecule has 0 saturated heterocycles. The second-order valence-electron chi connectivity index (χ2n) is 5.39. The van der Waals surface area contributed by atoms with E-state index in [9.17, 15) is 17.6 Å². The number of halogens is 1. The first-order chi connectivity index (χ1) is 11.9. The summed E-state index contributed by atoms with van der Waals surface area (Å²) < 4.78 is 40.0. The van der Waals surface area contributed by atoms with Gasteiger partial charge >= 0.3 is 0 Å². The van der Waals surface area contributed by atoms with Crippen molar-refractivity contribution in [1.82, 2.24) is 4.72 Å². The number of carbonyl (C=O) groups excluding carboxylic acids is 1. The number of rotatable bonds is 5. The summed E-state index contributed by atoms with van der Waals surface area (Å²) in [5, 5.41) is 4.14. The maximum Gasteiger partial charge on any atom is 0.241 e. The Balaban J connectivity index is 1.69. The second-order valence-corrected chi connectivity index (χ2v) is 7.16. The Bertz CT molecular complexity index is 1040. The van der Waals surface area contributed by atoms with E-state index in [4.69, 9.17) is 0 Å². The molecular weight excluding hydrogens is 343 g/mol. The zero-order chi connectivity index (χ0) is 17.9. The van der Waals surface area contributed by atoms with Gasteiger partial charge in [0, 0.05) is 5.69 Å². The van der Waals surface area contributed by atoms with Crippen LogP contribution >= 0.6 is 0 Å². The number of hydrogen-bond acceptors (Lipinski definition) is 3. The third-order valence-corrected chi connectivity index (χ3v) is 4.96. The standard InChI is InChI=1S/C18H15FN2O3S/c19-15-6-3-7-16(11-15)21-18(22)12-20-25(23,24)17-9-8-13-4-1-2-5-14(13)10-17/h1-11,20H,12H2,(H,21,22). The molecule has 0 spiro atoms. The van der Waals surface area contributed by atoms with Gasteiger partial charge in [-0.2, -0.15) is 0 Å². The van der Waals surface area contributed by atoms with Crippen molar-refractivity contribution in [2.24, 2.45) is 0 Å². The Labute approximate surface area is 144 Å². The maximum absolute atomic E-state index is 13.1. The Morgan fingerprint density at radius 1 is 0.920 bits per heavy atom. The van der Waals surface area contributed by atoms with Crippen LogP contribution in [0, 0.1) is 5.82 Å². The third-order valence-electron chi connectivity index (χ3n) is 3.56.